The SMILES string of the molecule is O=C(C1CCOC1)N1CCNCc2ccccc21. The Morgan fingerprint density at radius 3 is 3.11 bits per heavy atom. The first-order chi connectivity index (χ1) is 8.86. The molecule has 0 aliphatic carbocycles. The van der Waals surface area contributed by atoms with Crippen molar-refractivity contribution in [2.75, 3.05) is 31.2 Å². The Hall–Kier alpha value is -1.39. The van der Waals surface area contributed by atoms with Crippen LogP contribution in [-0.4, -0.2) is 32.2 Å². The van der Waals surface area contributed by atoms with E-state index in [1.54, 1.807) is 0 Å². The third-order valence-electron chi connectivity index (χ3n) is 3.66. The van der Waals surface area contributed by atoms with Crippen molar-refractivity contribution in [2.24, 2.45) is 5.92 Å². The fourth-order valence-corrected chi connectivity index (χ4v) is 2.64. The van der Waals surface area contributed by atoms with E-state index in [1.807, 2.05) is 23.1 Å². The van der Waals surface area contributed by atoms with Crippen LogP contribution >= 0.6 is 0 Å². The highest BCUT2D eigenvalue weighted by Crippen LogP contribution is 2.25. The van der Waals surface area contributed by atoms with Gasteiger partial charge in [-0.1, -0.05) is 18.2 Å². The maximum absolute atomic E-state index is 12.5. The van der Waals surface area contributed by atoms with Crippen molar-refractivity contribution >= 4 is 11.6 Å². The van der Waals surface area contributed by atoms with E-state index in [1.165, 1.54) is 5.56 Å². The summed E-state index contributed by atoms with van der Waals surface area (Å²) in [5, 5.41) is 3.35. The largest absolute Gasteiger partial charge is 0.381 e. The van der Waals surface area contributed by atoms with Crippen molar-refractivity contribution in [3.8, 4) is 0 Å². The third-order valence-corrected chi connectivity index (χ3v) is 3.66. The van der Waals surface area contributed by atoms with Crippen molar-refractivity contribution < 1.29 is 9.53 Å². The number of fused-ring (bicyclic) bond motifs is 1. The van der Waals surface area contributed by atoms with E-state index >= 15 is 0 Å². The van der Waals surface area contributed by atoms with Crippen LogP contribution in [0.1, 0.15) is 12.0 Å². The molecule has 0 spiro atoms. The van der Waals surface area contributed by atoms with Crippen LogP contribution < -0.4 is 10.2 Å². The second-order valence-electron chi connectivity index (χ2n) is 4.86. The van der Waals surface area contributed by atoms with Crippen LogP contribution in [0.15, 0.2) is 24.3 Å². The smallest absolute Gasteiger partial charge is 0.232 e. The molecule has 2 aliphatic rings. The van der Waals surface area contributed by atoms with Gasteiger partial charge in [0.1, 0.15) is 0 Å². The van der Waals surface area contributed by atoms with E-state index in [4.69, 9.17) is 4.74 Å². The molecular formula is C14H18N2O2. The van der Waals surface area contributed by atoms with Crippen LogP contribution in [0.4, 0.5) is 5.69 Å². The standard InChI is InChI=1S/C14H18N2O2/c17-14(12-5-8-18-10-12)16-7-6-15-9-11-3-1-2-4-13(11)16/h1-4,12,15H,5-10H2. The summed E-state index contributed by atoms with van der Waals surface area (Å²) in [5.74, 6) is 0.250. The topological polar surface area (TPSA) is 41.6 Å². The molecule has 0 bridgehead atoms. The van der Waals surface area contributed by atoms with Crippen LogP contribution in [0.5, 0.6) is 0 Å². The Labute approximate surface area is 107 Å². The molecule has 2 aliphatic heterocycles. The average Bonchev–Trinajstić information content (AvgIpc) is 2.85. The highest BCUT2D eigenvalue weighted by Gasteiger charge is 2.30. The third kappa shape index (κ3) is 2.13. The van der Waals surface area contributed by atoms with Gasteiger partial charge >= 0.3 is 0 Å². The van der Waals surface area contributed by atoms with Crippen molar-refractivity contribution in [3.63, 3.8) is 0 Å². The van der Waals surface area contributed by atoms with Crippen LogP contribution in [0.3, 0.4) is 0 Å². The van der Waals surface area contributed by atoms with Gasteiger partial charge in [-0.25, -0.2) is 0 Å². The van der Waals surface area contributed by atoms with Crippen molar-refractivity contribution in [3.05, 3.63) is 29.8 Å². The minimum atomic E-state index is 0.0381. The molecule has 96 valence electrons. The summed E-state index contributed by atoms with van der Waals surface area (Å²) in [5.41, 5.74) is 2.25. The molecule has 1 aromatic rings. The van der Waals surface area contributed by atoms with E-state index in [0.717, 1.165) is 31.7 Å². The Kier molecular flexibility index (Phi) is 3.30. The van der Waals surface area contributed by atoms with Gasteiger partial charge < -0.3 is 15.0 Å². The molecule has 1 saturated heterocycles. The first kappa shape index (κ1) is 11.7. The van der Waals surface area contributed by atoms with Gasteiger partial charge in [-0.15, -0.1) is 0 Å². The maximum Gasteiger partial charge on any atom is 0.232 e. The molecule has 0 saturated carbocycles. The number of anilines is 1. The minimum absolute atomic E-state index is 0.0381. The number of nitrogens with one attached hydrogen (secondary N) is 1. The Morgan fingerprint density at radius 1 is 1.39 bits per heavy atom. The highest BCUT2D eigenvalue weighted by atomic mass is 16.5. The lowest BCUT2D eigenvalue weighted by molar-refractivity contribution is -0.122. The Bertz CT molecular complexity index is 441. The van der Waals surface area contributed by atoms with E-state index in [0.29, 0.717) is 13.2 Å². The van der Waals surface area contributed by atoms with Crippen LogP contribution in [0, 0.1) is 5.92 Å². The van der Waals surface area contributed by atoms with E-state index < -0.39 is 0 Å². The van der Waals surface area contributed by atoms with E-state index in [-0.39, 0.29) is 11.8 Å². The van der Waals surface area contributed by atoms with Gasteiger partial charge in [0.05, 0.1) is 12.5 Å². The van der Waals surface area contributed by atoms with E-state index in [9.17, 15) is 4.79 Å². The summed E-state index contributed by atoms with van der Waals surface area (Å²) in [6.45, 7) is 3.70. The number of benzene rings is 1. The minimum Gasteiger partial charge on any atom is -0.381 e. The van der Waals surface area contributed by atoms with Crippen molar-refractivity contribution in [1.29, 1.82) is 0 Å². The van der Waals surface area contributed by atoms with Gasteiger partial charge in [0.2, 0.25) is 5.91 Å². The van der Waals surface area contributed by atoms with E-state index in [2.05, 4.69) is 11.4 Å². The summed E-state index contributed by atoms with van der Waals surface area (Å²) < 4.78 is 5.33. The second-order valence-corrected chi connectivity index (χ2v) is 4.86. The number of carbonyl (C=O) groups is 1. The number of hydrogen-bond acceptors (Lipinski definition) is 3. The quantitative estimate of drug-likeness (QED) is 0.808. The molecule has 2 heterocycles. The van der Waals surface area contributed by atoms with Crippen LogP contribution in [0.2, 0.25) is 0 Å². The Balaban J connectivity index is 1.88. The molecule has 1 atom stereocenters. The number of hydrogen-bond donors (Lipinski definition) is 1. The van der Waals surface area contributed by atoms with Crippen LogP contribution in [0.25, 0.3) is 0 Å². The molecule has 0 aromatic heterocycles. The normalized spacial score (nSPS) is 23.6. The number of para-hydroxylation sites is 1. The molecule has 3 rings (SSSR count). The summed E-state index contributed by atoms with van der Waals surface area (Å²) in [4.78, 5) is 14.5. The number of nitrogens with zero attached hydrogens (tertiary/aromatic N) is 1. The number of amides is 1. The molecule has 4 heteroatoms. The summed E-state index contributed by atoms with van der Waals surface area (Å²) in [6, 6.07) is 8.14. The summed E-state index contributed by atoms with van der Waals surface area (Å²) in [7, 11) is 0. The monoisotopic (exact) mass is 246 g/mol. The predicted molar refractivity (Wildman–Crippen MR) is 69.4 cm³/mol. The fourth-order valence-electron chi connectivity index (χ4n) is 2.64. The Morgan fingerprint density at radius 2 is 2.28 bits per heavy atom. The first-order valence-corrected chi connectivity index (χ1v) is 6.54. The molecule has 1 N–H and O–H groups in total. The zero-order chi connectivity index (χ0) is 12.4. The molecular weight excluding hydrogens is 228 g/mol. The fraction of sp³-hybridized carbons (Fsp3) is 0.500. The molecule has 1 fully saturated rings. The van der Waals surface area contributed by atoms with Crippen LogP contribution in [-0.2, 0) is 16.1 Å². The molecule has 4 nitrogen and oxygen atoms in total. The van der Waals surface area contributed by atoms with Gasteiger partial charge in [0.15, 0.2) is 0 Å². The number of carbonyl (C=O) groups excluding carboxylic acids is 1. The molecule has 18 heavy (non-hydrogen) atoms. The average molecular weight is 246 g/mol. The number of ether oxygens (including phenoxy) is 1. The summed E-state index contributed by atoms with van der Waals surface area (Å²) in [6.07, 6.45) is 0.852. The zero-order valence-corrected chi connectivity index (χ0v) is 10.4. The molecule has 1 amide bonds. The van der Waals surface area contributed by atoms with Gasteiger partial charge in [-0.05, 0) is 18.1 Å². The van der Waals surface area contributed by atoms with Gasteiger partial charge in [-0.2, -0.15) is 0 Å². The zero-order valence-electron chi connectivity index (χ0n) is 10.4. The van der Waals surface area contributed by atoms with Gasteiger partial charge in [0.25, 0.3) is 0 Å². The first-order valence-electron chi connectivity index (χ1n) is 6.54. The molecule has 1 aromatic carbocycles. The number of rotatable bonds is 1. The molecule has 0 radical (unpaired) electrons. The van der Waals surface area contributed by atoms with Gasteiger partial charge in [-0.3, -0.25) is 4.79 Å². The van der Waals surface area contributed by atoms with Crippen molar-refractivity contribution in [2.45, 2.75) is 13.0 Å². The highest BCUT2D eigenvalue weighted by molar-refractivity contribution is 5.96. The van der Waals surface area contributed by atoms with Crippen molar-refractivity contribution in [1.82, 2.24) is 5.32 Å². The summed E-state index contributed by atoms with van der Waals surface area (Å²) >= 11 is 0. The lowest BCUT2D eigenvalue weighted by Gasteiger charge is -2.25. The lowest BCUT2D eigenvalue weighted by Crippen LogP contribution is -2.39. The predicted octanol–water partition coefficient (Wildman–Crippen LogP) is 1.16. The second kappa shape index (κ2) is 5.08. The lowest BCUT2D eigenvalue weighted by atomic mass is 10.1. The van der Waals surface area contributed by atoms with Gasteiger partial charge in [0, 0.05) is 31.9 Å². The maximum atomic E-state index is 12.5. The molecule has 1 unspecified atom stereocenters.